The molecule has 98 valence electrons. The van der Waals surface area contributed by atoms with Crippen LogP contribution in [0.15, 0.2) is 42.7 Å². The molecule has 0 aliphatic rings. The highest BCUT2D eigenvalue weighted by Crippen LogP contribution is 2.17. The zero-order valence-corrected chi connectivity index (χ0v) is 11.1. The maximum absolute atomic E-state index is 4.17. The van der Waals surface area contributed by atoms with E-state index in [1.165, 1.54) is 22.2 Å². The quantitative estimate of drug-likeness (QED) is 0.686. The largest absolute Gasteiger partial charge is 0.361 e. The Kier molecular flexibility index (Phi) is 3.33. The molecule has 4 heteroatoms. The molecular formula is C15H18N4. The summed E-state index contributed by atoms with van der Waals surface area (Å²) in [6.45, 7) is 1.85. The minimum Gasteiger partial charge on any atom is -0.361 e. The topological polar surface area (TPSA) is 45.6 Å². The van der Waals surface area contributed by atoms with Gasteiger partial charge in [0.1, 0.15) is 0 Å². The third-order valence-electron chi connectivity index (χ3n) is 3.47. The normalized spacial score (nSPS) is 11.2. The second kappa shape index (κ2) is 5.28. The van der Waals surface area contributed by atoms with Crippen molar-refractivity contribution in [2.45, 2.75) is 13.0 Å². The number of H-pyrrole nitrogens is 1. The van der Waals surface area contributed by atoms with Crippen molar-refractivity contribution in [1.82, 2.24) is 20.1 Å². The summed E-state index contributed by atoms with van der Waals surface area (Å²) in [5.74, 6) is 0. The van der Waals surface area contributed by atoms with Gasteiger partial charge >= 0.3 is 0 Å². The maximum atomic E-state index is 4.17. The minimum absolute atomic E-state index is 0.891. The molecule has 0 aliphatic carbocycles. The van der Waals surface area contributed by atoms with E-state index in [2.05, 4.69) is 51.9 Å². The molecule has 3 aromatic rings. The molecule has 0 saturated carbocycles. The Balaban J connectivity index is 1.57. The lowest BCUT2D eigenvalue weighted by Crippen LogP contribution is -2.17. The van der Waals surface area contributed by atoms with Gasteiger partial charge in [-0.2, -0.15) is 5.10 Å². The highest BCUT2D eigenvalue weighted by Gasteiger charge is 2.02. The van der Waals surface area contributed by atoms with Gasteiger partial charge in [-0.15, -0.1) is 0 Å². The summed E-state index contributed by atoms with van der Waals surface area (Å²) in [6, 6.07) is 10.5. The predicted molar refractivity (Wildman–Crippen MR) is 76.9 cm³/mol. The summed E-state index contributed by atoms with van der Waals surface area (Å²) in [5.41, 5.74) is 3.78. The van der Waals surface area contributed by atoms with Crippen molar-refractivity contribution in [3.63, 3.8) is 0 Å². The molecule has 0 bridgehead atoms. The van der Waals surface area contributed by atoms with Gasteiger partial charge < -0.3 is 10.3 Å². The highest BCUT2D eigenvalue weighted by atomic mass is 15.3. The molecule has 2 heterocycles. The summed E-state index contributed by atoms with van der Waals surface area (Å²) in [7, 11) is 1.98. The fourth-order valence-corrected chi connectivity index (χ4v) is 2.36. The van der Waals surface area contributed by atoms with E-state index in [9.17, 15) is 0 Å². The number of aryl methyl sites for hydroxylation is 1. The smallest absolute Gasteiger partial charge is 0.0492 e. The second-order valence-electron chi connectivity index (χ2n) is 4.73. The Hall–Kier alpha value is -2.07. The van der Waals surface area contributed by atoms with Gasteiger partial charge in [-0.05, 0) is 17.7 Å². The molecule has 0 aliphatic heterocycles. The van der Waals surface area contributed by atoms with Crippen LogP contribution in [0.2, 0.25) is 0 Å². The van der Waals surface area contributed by atoms with E-state index >= 15 is 0 Å². The number of fused-ring (bicyclic) bond motifs is 1. The first-order valence-electron chi connectivity index (χ1n) is 6.57. The van der Waals surface area contributed by atoms with Crippen LogP contribution in [-0.2, 0) is 20.0 Å². The molecule has 2 aromatic heterocycles. The van der Waals surface area contributed by atoms with Gasteiger partial charge in [0.25, 0.3) is 0 Å². The zero-order chi connectivity index (χ0) is 13.1. The number of aromatic amines is 1. The number of hydrogen-bond acceptors (Lipinski definition) is 2. The summed E-state index contributed by atoms with van der Waals surface area (Å²) in [5, 5.41) is 8.96. The Morgan fingerprint density at radius 2 is 2.16 bits per heavy atom. The van der Waals surface area contributed by atoms with Gasteiger partial charge in [0.2, 0.25) is 0 Å². The van der Waals surface area contributed by atoms with Gasteiger partial charge in [0, 0.05) is 55.5 Å². The molecule has 1 aromatic carbocycles. The van der Waals surface area contributed by atoms with Gasteiger partial charge in [-0.1, -0.05) is 18.2 Å². The lowest BCUT2D eigenvalue weighted by Gasteiger charge is -2.04. The predicted octanol–water partition coefficient (Wildman–Crippen LogP) is 2.23. The molecule has 4 nitrogen and oxygen atoms in total. The lowest BCUT2D eigenvalue weighted by molar-refractivity contribution is 0.644. The van der Waals surface area contributed by atoms with Gasteiger partial charge in [-0.25, -0.2) is 0 Å². The van der Waals surface area contributed by atoms with Crippen LogP contribution in [0.4, 0.5) is 0 Å². The summed E-state index contributed by atoms with van der Waals surface area (Å²) < 4.78 is 1.92. The van der Waals surface area contributed by atoms with Crippen molar-refractivity contribution in [3.8, 4) is 0 Å². The van der Waals surface area contributed by atoms with E-state index in [0.717, 1.165) is 19.5 Å². The number of rotatable bonds is 5. The molecule has 2 N–H and O–H groups in total. The van der Waals surface area contributed by atoms with Crippen molar-refractivity contribution in [3.05, 3.63) is 54.0 Å². The van der Waals surface area contributed by atoms with E-state index in [-0.39, 0.29) is 0 Å². The monoisotopic (exact) mass is 254 g/mol. The molecule has 0 atom stereocenters. The fourth-order valence-electron chi connectivity index (χ4n) is 2.36. The third-order valence-corrected chi connectivity index (χ3v) is 3.47. The van der Waals surface area contributed by atoms with Crippen LogP contribution in [0.25, 0.3) is 10.9 Å². The van der Waals surface area contributed by atoms with Crippen molar-refractivity contribution < 1.29 is 0 Å². The molecule has 3 rings (SSSR count). The van der Waals surface area contributed by atoms with E-state index in [1.54, 1.807) is 0 Å². The van der Waals surface area contributed by atoms with Crippen LogP contribution < -0.4 is 5.32 Å². The molecule has 0 unspecified atom stereocenters. The summed E-state index contributed by atoms with van der Waals surface area (Å²) in [6.07, 6.45) is 4.93. The zero-order valence-electron chi connectivity index (χ0n) is 11.1. The number of hydrogen-bond donors (Lipinski definition) is 2. The molecule has 0 fully saturated rings. The van der Waals surface area contributed by atoms with E-state index in [4.69, 9.17) is 0 Å². The third kappa shape index (κ3) is 2.53. The summed E-state index contributed by atoms with van der Waals surface area (Å²) in [4.78, 5) is 3.30. The van der Waals surface area contributed by atoms with E-state index in [1.807, 2.05) is 17.9 Å². The Morgan fingerprint density at radius 3 is 3.00 bits per heavy atom. The van der Waals surface area contributed by atoms with Crippen LogP contribution in [0.1, 0.15) is 11.3 Å². The first-order chi connectivity index (χ1) is 9.34. The van der Waals surface area contributed by atoms with Crippen molar-refractivity contribution in [1.29, 1.82) is 0 Å². The van der Waals surface area contributed by atoms with Crippen molar-refractivity contribution >= 4 is 10.9 Å². The SMILES string of the molecule is Cn1nccc1CCNCc1c[nH]c2ccccc12. The first kappa shape index (κ1) is 12.0. The van der Waals surface area contributed by atoms with Crippen molar-refractivity contribution in [2.75, 3.05) is 6.54 Å². The number of nitrogens with one attached hydrogen (secondary N) is 2. The van der Waals surface area contributed by atoms with E-state index < -0.39 is 0 Å². The molecule has 0 radical (unpaired) electrons. The number of para-hydroxylation sites is 1. The lowest BCUT2D eigenvalue weighted by atomic mass is 10.2. The minimum atomic E-state index is 0.891. The van der Waals surface area contributed by atoms with Crippen LogP contribution in [-0.4, -0.2) is 21.3 Å². The van der Waals surface area contributed by atoms with Crippen LogP contribution in [0.3, 0.4) is 0 Å². The Morgan fingerprint density at radius 1 is 1.26 bits per heavy atom. The molecular weight excluding hydrogens is 236 g/mol. The first-order valence-corrected chi connectivity index (χ1v) is 6.57. The van der Waals surface area contributed by atoms with Crippen LogP contribution in [0, 0.1) is 0 Å². The highest BCUT2D eigenvalue weighted by molar-refractivity contribution is 5.82. The maximum Gasteiger partial charge on any atom is 0.0492 e. The average Bonchev–Trinajstić information content (AvgIpc) is 3.02. The summed E-state index contributed by atoms with van der Waals surface area (Å²) >= 11 is 0. The Labute approximate surface area is 112 Å². The van der Waals surface area contributed by atoms with Crippen LogP contribution >= 0.6 is 0 Å². The van der Waals surface area contributed by atoms with Gasteiger partial charge in [0.05, 0.1) is 0 Å². The number of aromatic nitrogens is 3. The van der Waals surface area contributed by atoms with E-state index in [0.29, 0.717) is 0 Å². The Bertz CT molecular complexity index is 665. The fraction of sp³-hybridized carbons (Fsp3) is 0.267. The second-order valence-corrected chi connectivity index (χ2v) is 4.73. The molecule has 0 saturated heterocycles. The van der Waals surface area contributed by atoms with Gasteiger partial charge in [0.15, 0.2) is 0 Å². The number of benzene rings is 1. The standard InChI is InChI=1S/C15H18N4/c1-19-13(7-9-18-19)6-8-16-10-12-11-17-15-5-3-2-4-14(12)15/h2-5,7,9,11,16-17H,6,8,10H2,1H3. The number of nitrogens with zero attached hydrogens (tertiary/aromatic N) is 2. The average molecular weight is 254 g/mol. The van der Waals surface area contributed by atoms with Gasteiger partial charge in [-0.3, -0.25) is 4.68 Å². The molecule has 0 spiro atoms. The van der Waals surface area contributed by atoms with Crippen molar-refractivity contribution in [2.24, 2.45) is 7.05 Å². The molecule has 0 amide bonds. The molecule has 19 heavy (non-hydrogen) atoms. The van der Waals surface area contributed by atoms with Crippen LogP contribution in [0.5, 0.6) is 0 Å².